The Morgan fingerprint density at radius 2 is 2.20 bits per heavy atom. The van der Waals surface area contributed by atoms with Gasteiger partial charge in [-0.05, 0) is 18.1 Å². The summed E-state index contributed by atoms with van der Waals surface area (Å²) >= 11 is 6.15. The van der Waals surface area contributed by atoms with Crippen LogP contribution in [0.3, 0.4) is 0 Å². The number of nitrogens with one attached hydrogen (secondary N) is 1. The summed E-state index contributed by atoms with van der Waals surface area (Å²) in [6.07, 6.45) is 0. The molecule has 2 nitrogen and oxygen atoms in total. The molecule has 0 fully saturated rings. The van der Waals surface area contributed by atoms with Crippen LogP contribution < -0.4 is 10.2 Å². The Morgan fingerprint density at radius 1 is 1.47 bits per heavy atom. The van der Waals surface area contributed by atoms with Crippen molar-refractivity contribution in [1.29, 1.82) is 0 Å². The highest BCUT2D eigenvalue weighted by Gasteiger charge is 2.26. The van der Waals surface area contributed by atoms with Gasteiger partial charge in [0.1, 0.15) is 0 Å². The first kappa shape index (κ1) is 10.6. The Hall–Kier alpha value is -0.890. The average Bonchev–Trinajstić information content (AvgIpc) is 2.19. The van der Waals surface area contributed by atoms with Crippen LogP contribution in [0, 0.1) is 5.92 Å². The van der Waals surface area contributed by atoms with Crippen LogP contribution in [0.5, 0.6) is 0 Å². The van der Waals surface area contributed by atoms with Gasteiger partial charge in [0.25, 0.3) is 0 Å². The molecule has 1 heterocycles. The molecule has 1 aromatic carbocycles. The van der Waals surface area contributed by atoms with Crippen molar-refractivity contribution in [2.45, 2.75) is 19.9 Å². The lowest BCUT2D eigenvalue weighted by atomic mass is 9.99. The number of likely N-dealkylation sites (N-methyl/N-ethyl adjacent to an activating group) is 1. The maximum Gasteiger partial charge on any atom is 0.0768 e. The molecule has 1 N–H and O–H groups in total. The number of benzene rings is 1. The summed E-state index contributed by atoms with van der Waals surface area (Å²) in [5, 5.41) is 4.23. The first-order valence-corrected chi connectivity index (χ1v) is 5.74. The Morgan fingerprint density at radius 3 is 2.87 bits per heavy atom. The van der Waals surface area contributed by atoms with E-state index in [9.17, 15) is 0 Å². The normalized spacial score (nSPS) is 20.1. The highest BCUT2D eigenvalue weighted by Crippen LogP contribution is 2.37. The van der Waals surface area contributed by atoms with E-state index < -0.39 is 0 Å². The Labute approximate surface area is 96.2 Å². The summed E-state index contributed by atoms with van der Waals surface area (Å²) in [6, 6.07) is 6.58. The molecule has 0 aliphatic carbocycles. The van der Waals surface area contributed by atoms with Gasteiger partial charge in [0.05, 0.1) is 16.4 Å². The molecule has 1 aliphatic rings. The van der Waals surface area contributed by atoms with E-state index in [-0.39, 0.29) is 0 Å². The number of hydrogen-bond donors (Lipinski definition) is 1. The quantitative estimate of drug-likeness (QED) is 0.788. The van der Waals surface area contributed by atoms with E-state index in [0.717, 1.165) is 17.3 Å². The molecule has 3 heteroatoms. The van der Waals surface area contributed by atoms with Crippen LogP contribution in [0.1, 0.15) is 13.8 Å². The maximum absolute atomic E-state index is 6.15. The largest absolute Gasteiger partial charge is 0.380 e. The second kappa shape index (κ2) is 3.93. The molecular weight excluding hydrogens is 208 g/mol. The Balaban J connectivity index is 2.38. The molecule has 1 unspecified atom stereocenters. The average molecular weight is 225 g/mol. The fourth-order valence-corrected chi connectivity index (χ4v) is 2.42. The van der Waals surface area contributed by atoms with Crippen molar-refractivity contribution in [2.24, 2.45) is 5.92 Å². The predicted molar refractivity (Wildman–Crippen MR) is 67.0 cm³/mol. The molecular formula is C12H17ClN2. The smallest absolute Gasteiger partial charge is 0.0768 e. The van der Waals surface area contributed by atoms with Gasteiger partial charge in [0, 0.05) is 19.6 Å². The van der Waals surface area contributed by atoms with Crippen molar-refractivity contribution in [3.63, 3.8) is 0 Å². The zero-order valence-electron chi connectivity index (χ0n) is 9.42. The van der Waals surface area contributed by atoms with Crippen LogP contribution >= 0.6 is 11.6 Å². The van der Waals surface area contributed by atoms with Gasteiger partial charge < -0.3 is 10.2 Å². The van der Waals surface area contributed by atoms with Gasteiger partial charge in [0.2, 0.25) is 0 Å². The highest BCUT2D eigenvalue weighted by atomic mass is 35.5. The third-order valence-corrected chi connectivity index (χ3v) is 3.44. The van der Waals surface area contributed by atoms with Crippen molar-refractivity contribution in [1.82, 2.24) is 0 Å². The molecule has 15 heavy (non-hydrogen) atoms. The minimum Gasteiger partial charge on any atom is -0.380 e. The van der Waals surface area contributed by atoms with Crippen LogP contribution in [0.2, 0.25) is 5.02 Å². The highest BCUT2D eigenvalue weighted by molar-refractivity contribution is 6.34. The van der Waals surface area contributed by atoms with E-state index >= 15 is 0 Å². The van der Waals surface area contributed by atoms with Crippen molar-refractivity contribution >= 4 is 23.0 Å². The molecule has 0 amide bonds. The number of nitrogens with zero attached hydrogens (tertiary/aromatic N) is 1. The van der Waals surface area contributed by atoms with Crippen LogP contribution in [0.25, 0.3) is 0 Å². The molecule has 82 valence electrons. The summed E-state index contributed by atoms with van der Waals surface area (Å²) < 4.78 is 0. The number of halogens is 1. The van der Waals surface area contributed by atoms with Crippen LogP contribution in [-0.2, 0) is 0 Å². The topological polar surface area (TPSA) is 15.3 Å². The van der Waals surface area contributed by atoms with E-state index in [1.807, 2.05) is 12.1 Å². The van der Waals surface area contributed by atoms with Crippen LogP contribution in [-0.4, -0.2) is 19.6 Å². The second-order valence-electron chi connectivity index (χ2n) is 4.44. The lowest BCUT2D eigenvalue weighted by molar-refractivity contribution is 0.482. The van der Waals surface area contributed by atoms with Crippen molar-refractivity contribution in [3.8, 4) is 0 Å². The number of hydrogen-bond acceptors (Lipinski definition) is 2. The minimum absolute atomic E-state index is 0.538. The van der Waals surface area contributed by atoms with Gasteiger partial charge in [-0.15, -0.1) is 0 Å². The van der Waals surface area contributed by atoms with E-state index in [1.165, 1.54) is 5.69 Å². The molecule has 0 bridgehead atoms. The first-order chi connectivity index (χ1) is 7.11. The van der Waals surface area contributed by atoms with Gasteiger partial charge in [-0.3, -0.25) is 0 Å². The summed E-state index contributed by atoms with van der Waals surface area (Å²) in [4.78, 5) is 2.32. The molecule has 0 aromatic heterocycles. The molecule has 0 saturated carbocycles. The van der Waals surface area contributed by atoms with Crippen molar-refractivity contribution in [3.05, 3.63) is 23.2 Å². The van der Waals surface area contributed by atoms with Crippen molar-refractivity contribution in [2.75, 3.05) is 23.8 Å². The van der Waals surface area contributed by atoms with Crippen LogP contribution in [0.4, 0.5) is 11.4 Å². The number of rotatable bonds is 1. The van der Waals surface area contributed by atoms with E-state index in [2.05, 4.69) is 37.2 Å². The van der Waals surface area contributed by atoms with Gasteiger partial charge in [-0.2, -0.15) is 0 Å². The number of fused-ring (bicyclic) bond motifs is 1. The lowest BCUT2D eigenvalue weighted by Gasteiger charge is -2.39. The van der Waals surface area contributed by atoms with Crippen molar-refractivity contribution < 1.29 is 0 Å². The standard InChI is InChI=1S/C12H17ClN2/c1-8(2)11-7-14-12-9(13)5-4-6-10(12)15(11)3/h4-6,8,11,14H,7H2,1-3H3. The van der Waals surface area contributed by atoms with Gasteiger partial charge >= 0.3 is 0 Å². The molecule has 1 atom stereocenters. The fourth-order valence-electron chi connectivity index (χ4n) is 2.19. The molecule has 0 saturated heterocycles. The lowest BCUT2D eigenvalue weighted by Crippen LogP contribution is -2.44. The zero-order chi connectivity index (χ0) is 11.0. The van der Waals surface area contributed by atoms with E-state index in [0.29, 0.717) is 12.0 Å². The second-order valence-corrected chi connectivity index (χ2v) is 4.84. The van der Waals surface area contributed by atoms with E-state index in [1.54, 1.807) is 0 Å². The predicted octanol–water partition coefficient (Wildman–Crippen LogP) is 3.23. The Kier molecular flexibility index (Phi) is 2.79. The summed E-state index contributed by atoms with van der Waals surface area (Å²) in [5.74, 6) is 0.634. The summed E-state index contributed by atoms with van der Waals surface area (Å²) in [7, 11) is 2.14. The third kappa shape index (κ3) is 1.78. The number of anilines is 2. The summed E-state index contributed by atoms with van der Waals surface area (Å²) in [5.41, 5.74) is 2.27. The monoisotopic (exact) mass is 224 g/mol. The molecule has 0 radical (unpaired) electrons. The molecule has 2 rings (SSSR count). The van der Waals surface area contributed by atoms with Crippen LogP contribution in [0.15, 0.2) is 18.2 Å². The SMILES string of the molecule is CC(C)C1CNc2c(Cl)cccc2N1C. The van der Waals surface area contributed by atoms with Gasteiger partial charge in [-0.25, -0.2) is 0 Å². The van der Waals surface area contributed by atoms with Gasteiger partial charge in [0.15, 0.2) is 0 Å². The molecule has 1 aromatic rings. The van der Waals surface area contributed by atoms with E-state index in [4.69, 9.17) is 11.6 Å². The maximum atomic E-state index is 6.15. The summed E-state index contributed by atoms with van der Waals surface area (Å²) in [6.45, 7) is 5.46. The third-order valence-electron chi connectivity index (χ3n) is 3.13. The number of para-hydroxylation sites is 1. The minimum atomic E-state index is 0.538. The fraction of sp³-hybridized carbons (Fsp3) is 0.500. The first-order valence-electron chi connectivity index (χ1n) is 5.36. The molecule has 1 aliphatic heterocycles. The zero-order valence-corrected chi connectivity index (χ0v) is 10.2. The molecule has 0 spiro atoms. The Bertz CT molecular complexity index is 363. The van der Waals surface area contributed by atoms with Gasteiger partial charge in [-0.1, -0.05) is 31.5 Å².